The third kappa shape index (κ3) is 7.57. The number of benzene rings is 2. The van der Waals surface area contributed by atoms with Gasteiger partial charge in [0.1, 0.15) is 0 Å². The average molecular weight is 486 g/mol. The molecule has 0 aliphatic rings. The largest absolute Gasteiger partial charge is 0.382 e. The molecule has 3 aromatic rings. The van der Waals surface area contributed by atoms with Crippen molar-refractivity contribution in [1.29, 1.82) is 0 Å². The summed E-state index contributed by atoms with van der Waals surface area (Å²) in [4.78, 5) is 30.5. The van der Waals surface area contributed by atoms with Gasteiger partial charge in [-0.1, -0.05) is 16.8 Å². The Labute approximate surface area is 203 Å². The Kier molecular flexibility index (Phi) is 9.42. The monoisotopic (exact) mass is 485 g/mol. The Morgan fingerprint density at radius 1 is 1.12 bits per heavy atom. The van der Waals surface area contributed by atoms with Gasteiger partial charge in [-0.15, -0.1) is 0 Å². The number of aromatic nitrogens is 2. The van der Waals surface area contributed by atoms with Crippen molar-refractivity contribution < 1.29 is 18.8 Å². The van der Waals surface area contributed by atoms with Crippen molar-refractivity contribution in [2.45, 2.75) is 19.8 Å². The maximum Gasteiger partial charge on any atom is 0.321 e. The van der Waals surface area contributed by atoms with E-state index in [1.54, 1.807) is 55.6 Å². The Balaban J connectivity index is 1.47. The van der Waals surface area contributed by atoms with Crippen LogP contribution in [0.25, 0.3) is 11.5 Å². The number of halogens is 1. The highest BCUT2D eigenvalue weighted by Gasteiger charge is 2.13. The molecule has 1 aromatic heterocycles. The molecule has 0 radical (unpaired) electrons. The van der Waals surface area contributed by atoms with Crippen LogP contribution in [-0.2, 0) is 11.2 Å². The van der Waals surface area contributed by atoms with Crippen LogP contribution in [0.1, 0.15) is 29.5 Å². The minimum absolute atomic E-state index is 0.144. The summed E-state index contributed by atoms with van der Waals surface area (Å²) in [6.45, 7) is 4.19. The molecule has 10 heteroatoms. The topological polar surface area (TPSA) is 110 Å². The van der Waals surface area contributed by atoms with E-state index in [9.17, 15) is 9.59 Å². The third-order valence-electron chi connectivity index (χ3n) is 4.93. The Morgan fingerprint density at radius 3 is 2.56 bits per heavy atom. The second-order valence-corrected chi connectivity index (χ2v) is 7.94. The van der Waals surface area contributed by atoms with Crippen molar-refractivity contribution in [3.05, 3.63) is 64.9 Å². The van der Waals surface area contributed by atoms with E-state index in [1.807, 2.05) is 6.92 Å². The smallest absolute Gasteiger partial charge is 0.321 e. The maximum atomic E-state index is 12.3. The molecule has 180 valence electrons. The summed E-state index contributed by atoms with van der Waals surface area (Å²) < 4.78 is 10.6. The molecule has 1 heterocycles. The lowest BCUT2D eigenvalue weighted by molar-refractivity contribution is 0.0944. The highest BCUT2D eigenvalue weighted by molar-refractivity contribution is 6.30. The fraction of sp³-hybridized carbons (Fsp3) is 0.333. The van der Waals surface area contributed by atoms with Crippen LogP contribution >= 0.6 is 11.6 Å². The van der Waals surface area contributed by atoms with Crippen LogP contribution in [0.3, 0.4) is 0 Å². The highest BCUT2D eigenvalue weighted by Crippen LogP contribution is 2.18. The van der Waals surface area contributed by atoms with E-state index in [0.29, 0.717) is 66.3 Å². The SMILES string of the molecule is CCOCCCNC(=O)c1ccc(-c2nc(CCN(C)C(=O)Nc3ccc(Cl)cc3)no2)cc1. The minimum Gasteiger partial charge on any atom is -0.382 e. The van der Waals surface area contributed by atoms with Crippen LogP contribution < -0.4 is 10.6 Å². The Morgan fingerprint density at radius 2 is 1.85 bits per heavy atom. The van der Waals surface area contributed by atoms with Crippen LogP contribution in [0.15, 0.2) is 53.1 Å². The first kappa shape index (κ1) is 25.2. The molecule has 2 aromatic carbocycles. The van der Waals surface area contributed by atoms with Gasteiger partial charge >= 0.3 is 6.03 Å². The fourth-order valence-corrected chi connectivity index (χ4v) is 3.11. The third-order valence-corrected chi connectivity index (χ3v) is 5.18. The van der Waals surface area contributed by atoms with Crippen molar-refractivity contribution in [3.63, 3.8) is 0 Å². The number of nitrogens with zero attached hydrogens (tertiary/aromatic N) is 3. The molecule has 3 amide bonds. The number of nitrogens with one attached hydrogen (secondary N) is 2. The summed E-state index contributed by atoms with van der Waals surface area (Å²) in [5, 5.41) is 10.3. The number of carbonyl (C=O) groups is 2. The van der Waals surface area contributed by atoms with E-state index in [2.05, 4.69) is 20.8 Å². The zero-order chi connectivity index (χ0) is 24.3. The lowest BCUT2D eigenvalue weighted by Gasteiger charge is -2.17. The van der Waals surface area contributed by atoms with Crippen molar-refractivity contribution in [2.24, 2.45) is 0 Å². The molecular weight excluding hydrogens is 458 g/mol. The number of urea groups is 1. The van der Waals surface area contributed by atoms with E-state index in [4.69, 9.17) is 20.9 Å². The molecule has 0 saturated heterocycles. The zero-order valence-electron chi connectivity index (χ0n) is 19.2. The predicted molar refractivity (Wildman–Crippen MR) is 130 cm³/mol. The van der Waals surface area contributed by atoms with Crippen molar-refractivity contribution in [2.75, 3.05) is 38.7 Å². The van der Waals surface area contributed by atoms with Crippen LogP contribution in [0, 0.1) is 0 Å². The molecule has 34 heavy (non-hydrogen) atoms. The van der Waals surface area contributed by atoms with Gasteiger partial charge in [-0.05, 0) is 61.9 Å². The molecule has 0 atom stereocenters. The standard InChI is InChI=1S/C24H28ClN5O4/c1-3-33-16-4-14-26-22(31)17-5-7-18(8-6-17)23-28-21(29-34-23)13-15-30(2)24(32)27-20-11-9-19(25)10-12-20/h5-12H,3-4,13-16H2,1-2H3,(H,26,31)(H,27,32). The lowest BCUT2D eigenvalue weighted by Crippen LogP contribution is -2.33. The first-order valence-corrected chi connectivity index (χ1v) is 11.4. The second kappa shape index (κ2) is 12.7. The Bertz CT molecular complexity index is 1070. The van der Waals surface area contributed by atoms with Crippen LogP contribution in [0.2, 0.25) is 5.02 Å². The number of likely N-dealkylation sites (N-methyl/N-ethyl adjacent to an activating group) is 1. The highest BCUT2D eigenvalue weighted by atomic mass is 35.5. The molecule has 0 aliphatic heterocycles. The molecular formula is C24H28ClN5O4. The molecule has 0 spiro atoms. The normalized spacial score (nSPS) is 10.7. The summed E-state index contributed by atoms with van der Waals surface area (Å²) in [5.74, 6) is 0.693. The summed E-state index contributed by atoms with van der Waals surface area (Å²) >= 11 is 5.86. The van der Waals surface area contributed by atoms with Gasteiger partial charge in [-0.25, -0.2) is 4.79 Å². The predicted octanol–water partition coefficient (Wildman–Crippen LogP) is 4.25. The van der Waals surface area contributed by atoms with Crippen LogP contribution in [0.5, 0.6) is 0 Å². The second-order valence-electron chi connectivity index (χ2n) is 7.51. The molecule has 9 nitrogen and oxygen atoms in total. The van der Waals surface area contributed by atoms with Crippen molar-refractivity contribution >= 4 is 29.2 Å². The first-order valence-electron chi connectivity index (χ1n) is 11.0. The molecule has 0 aliphatic carbocycles. The fourth-order valence-electron chi connectivity index (χ4n) is 2.98. The Hall–Kier alpha value is -3.43. The van der Waals surface area contributed by atoms with Crippen LogP contribution in [-0.4, -0.2) is 60.3 Å². The number of amides is 3. The summed E-state index contributed by atoms with van der Waals surface area (Å²) in [6, 6.07) is 13.6. The summed E-state index contributed by atoms with van der Waals surface area (Å²) in [7, 11) is 1.69. The van der Waals surface area contributed by atoms with Gasteiger partial charge in [0.15, 0.2) is 5.82 Å². The molecule has 0 unspecified atom stereocenters. The number of hydrogen-bond acceptors (Lipinski definition) is 6. The first-order chi connectivity index (χ1) is 16.5. The van der Waals surface area contributed by atoms with Gasteiger partial charge < -0.3 is 24.8 Å². The zero-order valence-corrected chi connectivity index (χ0v) is 20.0. The van der Waals surface area contributed by atoms with Gasteiger partial charge in [-0.3, -0.25) is 4.79 Å². The average Bonchev–Trinajstić information content (AvgIpc) is 3.33. The number of carbonyl (C=O) groups excluding carboxylic acids is 2. The van der Waals surface area contributed by atoms with Crippen LogP contribution in [0.4, 0.5) is 10.5 Å². The van der Waals surface area contributed by atoms with Gasteiger partial charge in [-0.2, -0.15) is 4.98 Å². The van der Waals surface area contributed by atoms with E-state index in [-0.39, 0.29) is 11.9 Å². The molecule has 0 bridgehead atoms. The van der Waals surface area contributed by atoms with E-state index in [1.165, 1.54) is 4.90 Å². The van der Waals surface area contributed by atoms with E-state index in [0.717, 1.165) is 6.42 Å². The number of anilines is 1. The maximum absolute atomic E-state index is 12.3. The summed E-state index contributed by atoms with van der Waals surface area (Å²) in [5.41, 5.74) is 1.92. The van der Waals surface area contributed by atoms with E-state index < -0.39 is 0 Å². The number of rotatable bonds is 11. The molecule has 0 saturated carbocycles. The molecule has 0 fully saturated rings. The lowest BCUT2D eigenvalue weighted by atomic mass is 10.1. The van der Waals surface area contributed by atoms with E-state index >= 15 is 0 Å². The van der Waals surface area contributed by atoms with Gasteiger partial charge in [0.25, 0.3) is 11.8 Å². The molecule has 3 rings (SSSR count). The quantitative estimate of drug-likeness (QED) is 0.393. The van der Waals surface area contributed by atoms with Gasteiger partial charge in [0.05, 0.1) is 0 Å². The molecule has 2 N–H and O–H groups in total. The van der Waals surface area contributed by atoms with Gasteiger partial charge in [0, 0.05) is 61.6 Å². The summed E-state index contributed by atoms with van der Waals surface area (Å²) in [6.07, 6.45) is 1.19. The van der Waals surface area contributed by atoms with Crippen molar-refractivity contribution in [3.8, 4) is 11.5 Å². The number of hydrogen-bond donors (Lipinski definition) is 2. The minimum atomic E-state index is -0.252. The van der Waals surface area contributed by atoms with Crippen molar-refractivity contribution in [1.82, 2.24) is 20.4 Å². The van der Waals surface area contributed by atoms with Gasteiger partial charge in [0.2, 0.25) is 0 Å². The number of ether oxygens (including phenoxy) is 1.